The van der Waals surface area contributed by atoms with Crippen LogP contribution in [0.3, 0.4) is 0 Å². The number of fused-ring (bicyclic) bond motifs is 3. The Morgan fingerprint density at radius 3 is 2.03 bits per heavy atom. The lowest BCUT2D eigenvalue weighted by atomic mass is 9.98. The maximum atomic E-state index is 11.9. The molecule has 4 aliphatic heterocycles. The molecule has 0 aromatic carbocycles. The van der Waals surface area contributed by atoms with Crippen molar-refractivity contribution in [3.8, 4) is 0 Å². The predicted octanol–water partition coefficient (Wildman–Crippen LogP) is 0.381. The predicted molar refractivity (Wildman–Crippen MR) is 124 cm³/mol. The maximum Gasteiger partial charge on any atom is 0.303 e. The van der Waals surface area contributed by atoms with Crippen LogP contribution in [0.1, 0.15) is 48.5 Å². The van der Waals surface area contributed by atoms with Crippen LogP contribution in [0.2, 0.25) is 0 Å². The molecule has 4 rings (SSSR count). The van der Waals surface area contributed by atoms with Gasteiger partial charge in [-0.25, -0.2) is 0 Å². The summed E-state index contributed by atoms with van der Waals surface area (Å²) in [6, 6.07) is 0. The SMILES string of the molecule is CC(=O)OC[C@H]1O[C@H](OC[C@H]2O[C@@H]3OC(C)(C)O[C@@H]3[C@H]3OC(C)(C)O[C@H]32)/C(=N\O)[C@@H](OC(C)=O)[C@@H]1OC(C)=O. The second-order valence-corrected chi connectivity index (χ2v) is 10.5. The zero-order valence-corrected chi connectivity index (χ0v) is 22.8. The summed E-state index contributed by atoms with van der Waals surface area (Å²) < 4.78 is 57.7. The smallest absolute Gasteiger partial charge is 0.303 e. The number of carbonyl (C=O) groups excluding carboxylic acids is 3. The number of esters is 3. The summed E-state index contributed by atoms with van der Waals surface area (Å²) in [4.78, 5) is 35.2. The number of rotatable bonds is 7. The fourth-order valence-electron chi connectivity index (χ4n) is 5.01. The van der Waals surface area contributed by atoms with Gasteiger partial charge in [-0.1, -0.05) is 5.16 Å². The van der Waals surface area contributed by atoms with E-state index in [1.807, 2.05) is 0 Å². The molecule has 0 spiro atoms. The number of ether oxygens (including phenoxy) is 10. The molecule has 1 N–H and O–H groups in total. The molecule has 0 aliphatic carbocycles. The molecule has 39 heavy (non-hydrogen) atoms. The van der Waals surface area contributed by atoms with E-state index < -0.39 is 84.8 Å². The average molecular weight is 562 g/mol. The van der Waals surface area contributed by atoms with E-state index in [0.717, 1.165) is 13.8 Å². The van der Waals surface area contributed by atoms with E-state index in [2.05, 4.69) is 5.16 Å². The molecule has 9 atom stereocenters. The molecule has 0 radical (unpaired) electrons. The quantitative estimate of drug-likeness (QED) is 0.195. The van der Waals surface area contributed by atoms with E-state index in [4.69, 9.17) is 47.4 Å². The first kappa shape index (κ1) is 29.6. The summed E-state index contributed by atoms with van der Waals surface area (Å²) in [7, 11) is 0. The van der Waals surface area contributed by atoms with Gasteiger partial charge in [0.05, 0.1) is 6.61 Å². The minimum absolute atomic E-state index is 0.178. The van der Waals surface area contributed by atoms with Gasteiger partial charge in [0.2, 0.25) is 6.29 Å². The largest absolute Gasteiger partial charge is 0.463 e. The van der Waals surface area contributed by atoms with Gasteiger partial charge < -0.3 is 52.6 Å². The van der Waals surface area contributed by atoms with Crippen LogP contribution in [-0.4, -0.2) is 109 Å². The van der Waals surface area contributed by atoms with Crippen LogP contribution < -0.4 is 0 Å². The summed E-state index contributed by atoms with van der Waals surface area (Å²) >= 11 is 0. The average Bonchev–Trinajstić information content (AvgIpc) is 3.30. The lowest BCUT2D eigenvalue weighted by molar-refractivity contribution is -0.262. The van der Waals surface area contributed by atoms with Crippen molar-refractivity contribution in [2.75, 3.05) is 13.2 Å². The molecular weight excluding hydrogens is 526 g/mol. The summed E-state index contributed by atoms with van der Waals surface area (Å²) in [6.45, 7) is 9.94. The van der Waals surface area contributed by atoms with E-state index in [9.17, 15) is 19.6 Å². The number of carbonyl (C=O) groups is 3. The summed E-state index contributed by atoms with van der Waals surface area (Å²) in [6.07, 6.45) is -8.48. The van der Waals surface area contributed by atoms with Crippen LogP contribution in [0.4, 0.5) is 0 Å². The van der Waals surface area contributed by atoms with Gasteiger partial charge in [0.1, 0.15) is 37.1 Å². The Kier molecular flexibility index (Phi) is 8.52. The Morgan fingerprint density at radius 1 is 0.795 bits per heavy atom. The van der Waals surface area contributed by atoms with Crippen LogP contribution in [0.5, 0.6) is 0 Å². The highest BCUT2D eigenvalue weighted by molar-refractivity contribution is 5.94. The second kappa shape index (κ2) is 11.2. The van der Waals surface area contributed by atoms with Gasteiger partial charge in [-0.15, -0.1) is 0 Å². The molecule has 0 unspecified atom stereocenters. The Balaban J connectivity index is 1.55. The summed E-state index contributed by atoms with van der Waals surface area (Å²) in [5.41, 5.74) is -0.286. The third-order valence-corrected chi connectivity index (χ3v) is 6.32. The molecule has 220 valence electrons. The van der Waals surface area contributed by atoms with Crippen molar-refractivity contribution >= 4 is 23.6 Å². The van der Waals surface area contributed by atoms with Crippen LogP contribution in [-0.2, 0) is 61.8 Å². The molecule has 0 amide bonds. The summed E-state index contributed by atoms with van der Waals surface area (Å²) in [5, 5.41) is 13.1. The fourth-order valence-corrected chi connectivity index (χ4v) is 5.01. The highest BCUT2D eigenvalue weighted by atomic mass is 16.9. The molecule has 15 heteroatoms. The molecule has 0 aromatic heterocycles. The molecule has 4 fully saturated rings. The lowest BCUT2D eigenvalue weighted by Gasteiger charge is -2.41. The van der Waals surface area contributed by atoms with E-state index in [1.54, 1.807) is 27.7 Å². The zero-order chi connectivity index (χ0) is 28.7. The minimum atomic E-state index is -1.42. The molecule has 4 heterocycles. The van der Waals surface area contributed by atoms with Crippen molar-refractivity contribution in [1.29, 1.82) is 0 Å². The van der Waals surface area contributed by atoms with Crippen LogP contribution in [0.25, 0.3) is 0 Å². The monoisotopic (exact) mass is 561 g/mol. The first-order valence-electron chi connectivity index (χ1n) is 12.5. The highest BCUT2D eigenvalue weighted by Gasteiger charge is 2.61. The van der Waals surface area contributed by atoms with Crippen molar-refractivity contribution < 1.29 is 67.0 Å². The summed E-state index contributed by atoms with van der Waals surface area (Å²) in [5.74, 6) is -3.96. The molecular formula is C24H35NO14. The van der Waals surface area contributed by atoms with Crippen molar-refractivity contribution in [1.82, 2.24) is 0 Å². The molecule has 15 nitrogen and oxygen atoms in total. The van der Waals surface area contributed by atoms with Gasteiger partial charge in [-0.05, 0) is 27.7 Å². The number of hydrogen-bond acceptors (Lipinski definition) is 15. The Hall–Kier alpha value is -2.40. The minimum Gasteiger partial charge on any atom is -0.463 e. The van der Waals surface area contributed by atoms with Crippen LogP contribution >= 0.6 is 0 Å². The van der Waals surface area contributed by atoms with Crippen LogP contribution in [0.15, 0.2) is 5.16 Å². The van der Waals surface area contributed by atoms with Crippen molar-refractivity contribution in [3.63, 3.8) is 0 Å². The van der Waals surface area contributed by atoms with E-state index in [1.165, 1.54) is 6.92 Å². The van der Waals surface area contributed by atoms with Gasteiger partial charge >= 0.3 is 17.9 Å². The molecule has 4 saturated heterocycles. The molecule has 0 bridgehead atoms. The zero-order valence-electron chi connectivity index (χ0n) is 22.8. The molecule has 0 saturated carbocycles. The van der Waals surface area contributed by atoms with Crippen LogP contribution in [0, 0.1) is 0 Å². The van der Waals surface area contributed by atoms with E-state index in [0.29, 0.717) is 0 Å². The van der Waals surface area contributed by atoms with Gasteiger partial charge in [0.25, 0.3) is 0 Å². The standard InChI is InChI=1S/C24H35NO14/c1-10(26)30-8-13-16(32-11(2)27)18(33-12(3)28)15(25-29)21(34-13)31-9-14-17-19(37-23(4,5)36-17)20-22(35-14)39-24(6,7)38-20/h13-14,16-22,29H,8-9H2,1-7H3/b25-15-/t13-,14-,16-,17+,18-,19+,20-,21+,22-/m1/s1. The van der Waals surface area contributed by atoms with E-state index >= 15 is 0 Å². The number of nitrogens with zero attached hydrogens (tertiary/aromatic N) is 1. The van der Waals surface area contributed by atoms with Crippen molar-refractivity contribution in [2.45, 2.75) is 115 Å². The van der Waals surface area contributed by atoms with Gasteiger partial charge in [0.15, 0.2) is 35.8 Å². The van der Waals surface area contributed by atoms with Gasteiger partial charge in [0, 0.05) is 20.8 Å². The Morgan fingerprint density at radius 2 is 1.41 bits per heavy atom. The normalized spacial score (nSPS) is 39.5. The number of hydrogen-bond donors (Lipinski definition) is 1. The fraction of sp³-hybridized carbons (Fsp3) is 0.833. The second-order valence-electron chi connectivity index (χ2n) is 10.5. The number of oxime groups is 1. The van der Waals surface area contributed by atoms with E-state index in [-0.39, 0.29) is 18.9 Å². The van der Waals surface area contributed by atoms with Crippen molar-refractivity contribution in [2.24, 2.45) is 5.16 Å². The molecule has 0 aromatic rings. The topological polar surface area (TPSA) is 176 Å². The van der Waals surface area contributed by atoms with Crippen molar-refractivity contribution in [3.05, 3.63) is 0 Å². The Bertz CT molecular complexity index is 982. The maximum absolute atomic E-state index is 11.9. The highest BCUT2D eigenvalue weighted by Crippen LogP contribution is 2.44. The first-order chi connectivity index (χ1) is 18.2. The third-order valence-electron chi connectivity index (χ3n) is 6.32. The van der Waals surface area contributed by atoms with Gasteiger partial charge in [-0.3, -0.25) is 14.4 Å². The van der Waals surface area contributed by atoms with Gasteiger partial charge in [-0.2, -0.15) is 0 Å². The third kappa shape index (κ3) is 6.67. The molecule has 4 aliphatic rings. The first-order valence-corrected chi connectivity index (χ1v) is 12.5. The Labute approximate surface area is 224 Å². The lowest BCUT2D eigenvalue weighted by Crippen LogP contribution is -2.61.